The molecule has 2 saturated carbocycles. The van der Waals surface area contributed by atoms with Crippen molar-refractivity contribution in [1.29, 1.82) is 0 Å². The number of fused-ring (bicyclic) bond motifs is 1. The molecule has 3 atom stereocenters. The Hall–Kier alpha value is -2.45. The zero-order valence-electron chi connectivity index (χ0n) is 21.4. The molecular formula is C28H40N2O6. The van der Waals surface area contributed by atoms with Gasteiger partial charge in [-0.1, -0.05) is 18.9 Å². The smallest absolute Gasteiger partial charge is 0.316 e. The third kappa shape index (κ3) is 6.45. The van der Waals surface area contributed by atoms with E-state index in [-0.39, 0.29) is 36.4 Å². The Labute approximate surface area is 213 Å². The first-order chi connectivity index (χ1) is 17.4. The standard InChI is InChI=1S/C28H40N2O6/c1-34-13-14-35-18-22(26(32)36-24-10-8-19-5-4-6-20(19)16-24)17-28(11-2-3-12-28)27(33)30-23-9-7-21(15-23)25(29)31/h8,10,16,21-23H,2-7,9,11-15,17-18H2,1H3,(H2,29,31)(H,30,33)/t21-,22?,23+/m0/s1. The summed E-state index contributed by atoms with van der Waals surface area (Å²) in [5.41, 5.74) is 7.39. The normalized spacial score (nSPS) is 23.2. The van der Waals surface area contributed by atoms with Crippen molar-refractivity contribution in [3.63, 3.8) is 0 Å². The van der Waals surface area contributed by atoms with Gasteiger partial charge in [-0.15, -0.1) is 0 Å². The molecule has 3 aliphatic carbocycles. The first kappa shape index (κ1) is 26.6. The molecule has 1 aromatic carbocycles. The summed E-state index contributed by atoms with van der Waals surface area (Å²) in [5.74, 6) is -0.887. The number of carbonyl (C=O) groups is 3. The summed E-state index contributed by atoms with van der Waals surface area (Å²) in [6, 6.07) is 5.82. The van der Waals surface area contributed by atoms with Crippen molar-refractivity contribution in [2.75, 3.05) is 26.9 Å². The third-order valence-corrected chi connectivity index (χ3v) is 8.22. The molecule has 0 heterocycles. The van der Waals surface area contributed by atoms with Gasteiger partial charge in [-0.3, -0.25) is 14.4 Å². The molecule has 2 fully saturated rings. The fraction of sp³-hybridized carbons (Fsp3) is 0.679. The topological polar surface area (TPSA) is 117 Å². The van der Waals surface area contributed by atoms with Crippen LogP contribution in [0.1, 0.15) is 68.9 Å². The van der Waals surface area contributed by atoms with Gasteiger partial charge >= 0.3 is 5.97 Å². The Balaban J connectivity index is 1.44. The van der Waals surface area contributed by atoms with E-state index in [0.29, 0.717) is 38.2 Å². The highest BCUT2D eigenvalue weighted by atomic mass is 16.5. The van der Waals surface area contributed by atoms with Crippen molar-refractivity contribution in [2.24, 2.45) is 23.0 Å². The largest absolute Gasteiger partial charge is 0.426 e. The van der Waals surface area contributed by atoms with Gasteiger partial charge in [0, 0.05) is 19.1 Å². The molecule has 36 heavy (non-hydrogen) atoms. The number of amides is 2. The average Bonchev–Trinajstić information content (AvgIpc) is 3.62. The zero-order valence-corrected chi connectivity index (χ0v) is 21.4. The number of carbonyl (C=O) groups excluding carboxylic acids is 3. The highest BCUT2D eigenvalue weighted by Gasteiger charge is 2.45. The quantitative estimate of drug-likeness (QED) is 0.259. The monoisotopic (exact) mass is 500 g/mol. The molecule has 0 spiro atoms. The fourth-order valence-corrected chi connectivity index (χ4v) is 6.15. The Morgan fingerprint density at radius 3 is 2.58 bits per heavy atom. The average molecular weight is 501 g/mol. The number of rotatable bonds is 12. The number of aryl methyl sites for hydroxylation is 2. The third-order valence-electron chi connectivity index (χ3n) is 8.22. The maximum atomic E-state index is 13.6. The minimum absolute atomic E-state index is 0.0256. The van der Waals surface area contributed by atoms with Crippen LogP contribution in [-0.2, 0) is 36.7 Å². The molecule has 3 aliphatic rings. The molecule has 8 nitrogen and oxygen atoms in total. The van der Waals surface area contributed by atoms with E-state index >= 15 is 0 Å². The van der Waals surface area contributed by atoms with Gasteiger partial charge in [0.15, 0.2) is 0 Å². The summed E-state index contributed by atoms with van der Waals surface area (Å²) in [5, 5.41) is 3.19. The molecule has 3 N–H and O–H groups in total. The lowest BCUT2D eigenvalue weighted by molar-refractivity contribution is -0.144. The van der Waals surface area contributed by atoms with E-state index in [4.69, 9.17) is 19.9 Å². The SMILES string of the molecule is COCCOCC(CC1(C(=O)N[C@@H]2CC[C@H](C(N)=O)C2)CCCC1)C(=O)Oc1ccc2c(c1)CCC2. The van der Waals surface area contributed by atoms with E-state index in [1.165, 1.54) is 11.1 Å². The molecule has 0 aliphatic heterocycles. The van der Waals surface area contributed by atoms with Crippen LogP contribution >= 0.6 is 0 Å². The van der Waals surface area contributed by atoms with Gasteiger partial charge in [-0.25, -0.2) is 0 Å². The van der Waals surface area contributed by atoms with Crippen molar-refractivity contribution in [1.82, 2.24) is 5.32 Å². The van der Waals surface area contributed by atoms with E-state index in [1.54, 1.807) is 7.11 Å². The van der Waals surface area contributed by atoms with E-state index in [1.807, 2.05) is 18.2 Å². The van der Waals surface area contributed by atoms with Crippen molar-refractivity contribution < 1.29 is 28.6 Å². The molecule has 0 bridgehead atoms. The van der Waals surface area contributed by atoms with E-state index in [9.17, 15) is 14.4 Å². The minimum atomic E-state index is -0.642. The van der Waals surface area contributed by atoms with Gasteiger partial charge in [0.05, 0.1) is 31.2 Å². The van der Waals surface area contributed by atoms with Gasteiger partial charge in [-0.05, 0) is 81.0 Å². The number of nitrogens with one attached hydrogen (secondary N) is 1. The lowest BCUT2D eigenvalue weighted by atomic mass is 9.76. The molecule has 1 unspecified atom stereocenters. The number of esters is 1. The first-order valence-corrected chi connectivity index (χ1v) is 13.4. The first-order valence-electron chi connectivity index (χ1n) is 13.4. The number of hydrogen-bond acceptors (Lipinski definition) is 6. The van der Waals surface area contributed by atoms with Crippen LogP contribution in [0.2, 0.25) is 0 Å². The number of ether oxygens (including phenoxy) is 3. The van der Waals surface area contributed by atoms with Gasteiger partial charge in [-0.2, -0.15) is 0 Å². The van der Waals surface area contributed by atoms with Crippen LogP contribution in [0.3, 0.4) is 0 Å². The second kappa shape index (κ2) is 12.2. The summed E-state index contributed by atoms with van der Waals surface area (Å²) in [7, 11) is 1.60. The number of primary amides is 1. The Morgan fingerprint density at radius 2 is 1.86 bits per heavy atom. The van der Waals surface area contributed by atoms with Crippen LogP contribution in [0.15, 0.2) is 18.2 Å². The van der Waals surface area contributed by atoms with Crippen LogP contribution in [0.25, 0.3) is 0 Å². The number of hydrogen-bond donors (Lipinski definition) is 2. The van der Waals surface area contributed by atoms with Crippen LogP contribution in [0.5, 0.6) is 5.75 Å². The van der Waals surface area contributed by atoms with E-state index in [0.717, 1.165) is 51.4 Å². The molecule has 1 aromatic rings. The molecule has 0 aromatic heterocycles. The molecule has 8 heteroatoms. The number of nitrogens with two attached hydrogens (primary N) is 1. The highest BCUT2D eigenvalue weighted by molar-refractivity contribution is 5.85. The lowest BCUT2D eigenvalue weighted by Gasteiger charge is -2.32. The summed E-state index contributed by atoms with van der Waals surface area (Å²) in [6.45, 7) is 0.977. The van der Waals surface area contributed by atoms with Gasteiger partial charge in [0.2, 0.25) is 11.8 Å². The Kier molecular flexibility index (Phi) is 9.01. The molecular weight excluding hydrogens is 460 g/mol. The van der Waals surface area contributed by atoms with Crippen molar-refractivity contribution in [3.05, 3.63) is 29.3 Å². The Morgan fingerprint density at radius 1 is 1.08 bits per heavy atom. The predicted molar refractivity (Wildman–Crippen MR) is 134 cm³/mol. The van der Waals surface area contributed by atoms with Crippen LogP contribution < -0.4 is 15.8 Å². The zero-order chi connectivity index (χ0) is 25.5. The maximum absolute atomic E-state index is 13.6. The van der Waals surface area contributed by atoms with E-state index < -0.39 is 11.3 Å². The second-order valence-corrected chi connectivity index (χ2v) is 10.7. The molecule has 4 rings (SSSR count). The number of benzene rings is 1. The summed E-state index contributed by atoms with van der Waals surface area (Å²) in [6.07, 6.45) is 8.96. The summed E-state index contributed by atoms with van der Waals surface area (Å²) >= 11 is 0. The highest BCUT2D eigenvalue weighted by Crippen LogP contribution is 2.44. The van der Waals surface area contributed by atoms with Crippen molar-refractivity contribution in [3.8, 4) is 5.75 Å². The van der Waals surface area contributed by atoms with Gasteiger partial charge in [0.1, 0.15) is 5.75 Å². The molecule has 0 radical (unpaired) electrons. The van der Waals surface area contributed by atoms with Crippen LogP contribution in [-0.4, -0.2) is 50.8 Å². The molecule has 198 valence electrons. The Bertz CT molecular complexity index is 942. The van der Waals surface area contributed by atoms with Gasteiger partial charge in [0.25, 0.3) is 0 Å². The summed E-state index contributed by atoms with van der Waals surface area (Å²) in [4.78, 5) is 38.5. The van der Waals surface area contributed by atoms with E-state index in [2.05, 4.69) is 5.32 Å². The minimum Gasteiger partial charge on any atom is -0.426 e. The van der Waals surface area contributed by atoms with Crippen molar-refractivity contribution in [2.45, 2.75) is 76.7 Å². The van der Waals surface area contributed by atoms with Crippen LogP contribution in [0, 0.1) is 17.3 Å². The predicted octanol–water partition coefficient (Wildman–Crippen LogP) is 3.08. The maximum Gasteiger partial charge on any atom is 0.316 e. The second-order valence-electron chi connectivity index (χ2n) is 10.7. The molecule has 2 amide bonds. The number of methoxy groups -OCH3 is 1. The molecule has 0 saturated heterocycles. The van der Waals surface area contributed by atoms with Gasteiger partial charge < -0.3 is 25.3 Å². The van der Waals surface area contributed by atoms with Crippen molar-refractivity contribution >= 4 is 17.8 Å². The van der Waals surface area contributed by atoms with Crippen LogP contribution in [0.4, 0.5) is 0 Å². The fourth-order valence-electron chi connectivity index (χ4n) is 6.15. The summed E-state index contributed by atoms with van der Waals surface area (Å²) < 4.78 is 16.7. The lowest BCUT2D eigenvalue weighted by Crippen LogP contribution is -2.46.